The monoisotopic (exact) mass is 476 g/mol. The van der Waals surface area contributed by atoms with E-state index >= 15 is 0 Å². The molecule has 176 valence electrons. The number of carboxylic acid groups (broad SMARTS) is 1. The molecule has 3 aromatic heterocycles. The van der Waals surface area contributed by atoms with E-state index in [-0.39, 0.29) is 17.9 Å². The quantitative estimate of drug-likeness (QED) is 0.351. The molecule has 0 radical (unpaired) electrons. The normalized spacial score (nSPS) is 11.8. The zero-order valence-electron chi connectivity index (χ0n) is 19.3. The summed E-state index contributed by atoms with van der Waals surface area (Å²) >= 11 is 0. The van der Waals surface area contributed by atoms with Gasteiger partial charge in [0, 0.05) is 27.5 Å². The molecule has 8 nitrogen and oxygen atoms in total. The third kappa shape index (κ3) is 3.47. The van der Waals surface area contributed by atoms with Crippen molar-refractivity contribution >= 4 is 45.0 Å². The molecule has 0 aliphatic heterocycles. The van der Waals surface area contributed by atoms with Gasteiger partial charge in [0.2, 0.25) is 5.82 Å². The summed E-state index contributed by atoms with van der Waals surface area (Å²) in [7, 11) is 0. The van der Waals surface area contributed by atoms with Gasteiger partial charge >= 0.3 is 5.97 Å². The van der Waals surface area contributed by atoms with Crippen LogP contribution in [0.3, 0.4) is 0 Å². The van der Waals surface area contributed by atoms with Gasteiger partial charge in [-0.15, -0.1) is 0 Å². The van der Waals surface area contributed by atoms with E-state index in [0.29, 0.717) is 22.2 Å². The SMILES string of the molecule is Cc1c(C=Nn2c(-c3cc4ccccc4o3)nc3ccccc3c2=O)c2ccccc2n1CC(=O)O. The number of furan rings is 1. The minimum atomic E-state index is -0.940. The molecular formula is C28H20N4O4. The van der Waals surface area contributed by atoms with Crippen LogP contribution in [0.1, 0.15) is 11.3 Å². The van der Waals surface area contributed by atoms with Crippen molar-refractivity contribution in [1.82, 2.24) is 14.2 Å². The van der Waals surface area contributed by atoms with Gasteiger partial charge in [-0.3, -0.25) is 9.59 Å². The minimum Gasteiger partial charge on any atom is -0.480 e. The Hall–Kier alpha value is -4.98. The van der Waals surface area contributed by atoms with Gasteiger partial charge in [-0.05, 0) is 37.3 Å². The van der Waals surface area contributed by atoms with Gasteiger partial charge in [0.15, 0.2) is 5.76 Å². The van der Waals surface area contributed by atoms with E-state index in [2.05, 4.69) is 5.10 Å². The van der Waals surface area contributed by atoms with Gasteiger partial charge in [-0.1, -0.05) is 48.5 Å². The number of rotatable bonds is 5. The van der Waals surface area contributed by atoms with Gasteiger partial charge in [0.25, 0.3) is 5.56 Å². The second kappa shape index (κ2) is 8.35. The average molecular weight is 476 g/mol. The first kappa shape index (κ1) is 21.5. The van der Waals surface area contributed by atoms with Crippen LogP contribution in [-0.4, -0.2) is 31.5 Å². The fraction of sp³-hybridized carbons (Fsp3) is 0.0714. The molecule has 0 fully saturated rings. The number of para-hydroxylation sites is 3. The molecule has 0 bridgehead atoms. The second-order valence-corrected chi connectivity index (χ2v) is 8.46. The lowest BCUT2D eigenvalue weighted by atomic mass is 10.1. The summed E-state index contributed by atoms with van der Waals surface area (Å²) < 4.78 is 8.99. The Morgan fingerprint density at radius 1 is 1.03 bits per heavy atom. The second-order valence-electron chi connectivity index (χ2n) is 8.46. The van der Waals surface area contributed by atoms with Gasteiger partial charge in [0.05, 0.1) is 17.1 Å². The lowest BCUT2D eigenvalue weighted by Gasteiger charge is -2.07. The molecule has 6 aromatic rings. The number of aromatic nitrogens is 3. The van der Waals surface area contributed by atoms with E-state index in [1.165, 1.54) is 4.68 Å². The predicted octanol–water partition coefficient (Wildman–Crippen LogP) is 5.04. The molecule has 0 amide bonds. The molecule has 0 saturated carbocycles. The standard InChI is InChI=1S/C28H20N4O4/c1-17-21(19-9-4-6-12-23(19)31(17)16-26(33)34)15-29-32-27(25-14-18-8-2-7-13-24(18)36-25)30-22-11-5-3-10-20(22)28(32)35/h2-15H,16H2,1H3,(H,33,34). The lowest BCUT2D eigenvalue weighted by Crippen LogP contribution is -2.20. The third-order valence-electron chi connectivity index (χ3n) is 6.28. The topological polar surface area (TPSA) is 103 Å². The Kier molecular flexibility index (Phi) is 5.00. The number of nitrogens with zero attached hydrogens (tertiary/aromatic N) is 4. The number of carbonyl (C=O) groups is 1. The zero-order chi connectivity index (χ0) is 24.8. The van der Waals surface area contributed by atoms with Crippen LogP contribution >= 0.6 is 0 Å². The van der Waals surface area contributed by atoms with E-state index in [4.69, 9.17) is 9.40 Å². The van der Waals surface area contributed by atoms with Crippen molar-refractivity contribution in [1.29, 1.82) is 0 Å². The first-order valence-corrected chi connectivity index (χ1v) is 11.4. The van der Waals surface area contributed by atoms with Crippen LogP contribution in [0.15, 0.2) is 93.2 Å². The molecule has 0 atom stereocenters. The number of aliphatic carboxylic acids is 1. The van der Waals surface area contributed by atoms with Crippen LogP contribution in [0.2, 0.25) is 0 Å². The number of hydrogen-bond donors (Lipinski definition) is 1. The van der Waals surface area contributed by atoms with Crippen molar-refractivity contribution in [3.05, 3.63) is 100 Å². The zero-order valence-corrected chi connectivity index (χ0v) is 19.3. The first-order valence-electron chi connectivity index (χ1n) is 11.4. The third-order valence-corrected chi connectivity index (χ3v) is 6.28. The summed E-state index contributed by atoms with van der Waals surface area (Å²) in [6.45, 7) is 1.66. The Morgan fingerprint density at radius 3 is 2.56 bits per heavy atom. The summed E-state index contributed by atoms with van der Waals surface area (Å²) in [5.41, 5.74) is 3.12. The molecule has 6 rings (SSSR count). The Labute approximate surface area is 204 Å². The van der Waals surface area contributed by atoms with Crippen LogP contribution in [0, 0.1) is 6.92 Å². The van der Waals surface area contributed by atoms with Crippen molar-refractivity contribution in [2.24, 2.45) is 5.10 Å². The molecule has 36 heavy (non-hydrogen) atoms. The van der Waals surface area contributed by atoms with Crippen LogP contribution in [0.5, 0.6) is 0 Å². The predicted molar refractivity (Wildman–Crippen MR) is 139 cm³/mol. The Bertz CT molecular complexity index is 1860. The highest BCUT2D eigenvalue weighted by molar-refractivity contribution is 6.01. The largest absolute Gasteiger partial charge is 0.480 e. The number of fused-ring (bicyclic) bond motifs is 3. The van der Waals surface area contributed by atoms with Crippen molar-refractivity contribution in [3.8, 4) is 11.6 Å². The number of hydrogen-bond acceptors (Lipinski definition) is 5. The fourth-order valence-corrected chi connectivity index (χ4v) is 4.56. The van der Waals surface area contributed by atoms with E-state index in [1.54, 1.807) is 29.0 Å². The molecule has 8 heteroatoms. The summed E-state index contributed by atoms with van der Waals surface area (Å²) in [4.78, 5) is 29.7. The maximum absolute atomic E-state index is 13.5. The van der Waals surface area contributed by atoms with Crippen molar-refractivity contribution in [2.75, 3.05) is 0 Å². The summed E-state index contributed by atoms with van der Waals surface area (Å²) in [6.07, 6.45) is 1.58. The van der Waals surface area contributed by atoms with Crippen molar-refractivity contribution < 1.29 is 14.3 Å². The molecule has 3 heterocycles. The molecular weight excluding hydrogens is 456 g/mol. The van der Waals surface area contributed by atoms with Crippen LogP contribution in [0.4, 0.5) is 0 Å². The molecule has 3 aromatic carbocycles. The maximum Gasteiger partial charge on any atom is 0.323 e. The maximum atomic E-state index is 13.5. The van der Waals surface area contributed by atoms with E-state index < -0.39 is 5.97 Å². The molecule has 0 unspecified atom stereocenters. The van der Waals surface area contributed by atoms with Crippen molar-refractivity contribution in [3.63, 3.8) is 0 Å². The lowest BCUT2D eigenvalue weighted by molar-refractivity contribution is -0.137. The highest BCUT2D eigenvalue weighted by Gasteiger charge is 2.18. The first-order chi connectivity index (χ1) is 17.5. The van der Waals surface area contributed by atoms with Gasteiger partial charge in [0.1, 0.15) is 12.1 Å². The van der Waals surface area contributed by atoms with Crippen molar-refractivity contribution in [2.45, 2.75) is 13.5 Å². The summed E-state index contributed by atoms with van der Waals surface area (Å²) in [6, 6.07) is 24.0. The molecule has 1 N–H and O–H groups in total. The van der Waals surface area contributed by atoms with Gasteiger partial charge in [-0.25, -0.2) is 4.98 Å². The fourth-order valence-electron chi connectivity index (χ4n) is 4.56. The molecule has 0 saturated heterocycles. The number of carboxylic acids is 1. The number of benzene rings is 3. The van der Waals surface area contributed by atoms with E-state index in [0.717, 1.165) is 27.5 Å². The highest BCUT2D eigenvalue weighted by atomic mass is 16.4. The summed E-state index contributed by atoms with van der Waals surface area (Å²) in [5, 5.41) is 16.1. The molecule has 0 aliphatic rings. The van der Waals surface area contributed by atoms with Crippen LogP contribution in [0.25, 0.3) is 44.4 Å². The van der Waals surface area contributed by atoms with E-state index in [1.807, 2.05) is 67.6 Å². The minimum absolute atomic E-state index is 0.179. The summed E-state index contributed by atoms with van der Waals surface area (Å²) in [5.74, 6) is -0.247. The molecule has 0 spiro atoms. The molecule has 0 aliphatic carbocycles. The van der Waals surface area contributed by atoms with Crippen LogP contribution in [-0.2, 0) is 11.3 Å². The Balaban J connectivity index is 1.58. The van der Waals surface area contributed by atoms with Crippen LogP contribution < -0.4 is 5.56 Å². The van der Waals surface area contributed by atoms with E-state index in [9.17, 15) is 14.7 Å². The Morgan fingerprint density at radius 2 is 1.75 bits per heavy atom. The average Bonchev–Trinajstić information content (AvgIpc) is 3.43. The van der Waals surface area contributed by atoms with Gasteiger partial charge < -0.3 is 14.1 Å². The highest BCUT2D eigenvalue weighted by Crippen LogP contribution is 2.28. The van der Waals surface area contributed by atoms with Gasteiger partial charge in [-0.2, -0.15) is 9.78 Å². The smallest absolute Gasteiger partial charge is 0.323 e.